The van der Waals surface area contributed by atoms with E-state index in [1.165, 1.54) is 0 Å². The predicted octanol–water partition coefficient (Wildman–Crippen LogP) is 3.86. The summed E-state index contributed by atoms with van der Waals surface area (Å²) in [4.78, 5) is 10.6. The Bertz CT molecular complexity index is 1100. The second-order valence-corrected chi connectivity index (χ2v) is 9.64. The lowest BCUT2D eigenvalue weighted by atomic mass is 10.1. The standard InChI is InChI=1S/C16H16ClN3O4S2/c1-19-9-10(12-4-3-11(17)7-13(12)19)5-6-18-16-14(20(21)22)8-15(25-16)26(2,23)24/h3-4,7-9,18H,5-6H2,1-2H3. The van der Waals surface area contributed by atoms with Gasteiger partial charge in [0.25, 0.3) is 0 Å². The van der Waals surface area contributed by atoms with E-state index in [9.17, 15) is 18.5 Å². The summed E-state index contributed by atoms with van der Waals surface area (Å²) in [5, 5.41) is 16.1. The normalized spacial score (nSPS) is 11.8. The van der Waals surface area contributed by atoms with Crippen LogP contribution in [0.15, 0.2) is 34.7 Å². The zero-order valence-electron chi connectivity index (χ0n) is 14.0. The van der Waals surface area contributed by atoms with Gasteiger partial charge in [0.15, 0.2) is 14.8 Å². The van der Waals surface area contributed by atoms with Crippen molar-refractivity contribution in [2.75, 3.05) is 18.1 Å². The first-order chi connectivity index (χ1) is 12.2. The van der Waals surface area contributed by atoms with Gasteiger partial charge in [0.2, 0.25) is 0 Å². The number of hydrogen-bond acceptors (Lipinski definition) is 6. The van der Waals surface area contributed by atoms with Gasteiger partial charge in [-0.05, 0) is 24.1 Å². The molecule has 0 saturated heterocycles. The van der Waals surface area contributed by atoms with Gasteiger partial charge in [-0.3, -0.25) is 10.1 Å². The minimum absolute atomic E-state index is 0.0218. The highest BCUT2D eigenvalue weighted by Crippen LogP contribution is 2.37. The van der Waals surface area contributed by atoms with E-state index in [0.717, 1.165) is 40.1 Å². The number of hydrogen-bond donors (Lipinski definition) is 1. The third-order valence-corrected chi connectivity index (χ3v) is 7.09. The number of aromatic nitrogens is 1. The second kappa shape index (κ2) is 6.90. The summed E-state index contributed by atoms with van der Waals surface area (Å²) >= 11 is 6.91. The molecule has 138 valence electrons. The molecule has 10 heteroatoms. The van der Waals surface area contributed by atoms with Gasteiger partial charge >= 0.3 is 5.69 Å². The number of aryl methyl sites for hydroxylation is 1. The quantitative estimate of drug-likeness (QED) is 0.489. The number of anilines is 1. The van der Waals surface area contributed by atoms with Crippen LogP contribution in [0.25, 0.3) is 10.9 Å². The molecule has 0 atom stereocenters. The van der Waals surface area contributed by atoms with Crippen LogP contribution in [0.5, 0.6) is 0 Å². The van der Waals surface area contributed by atoms with Gasteiger partial charge in [-0.2, -0.15) is 0 Å². The van der Waals surface area contributed by atoms with Crippen LogP contribution < -0.4 is 5.32 Å². The molecule has 0 aliphatic heterocycles. The number of rotatable bonds is 6. The lowest BCUT2D eigenvalue weighted by Gasteiger charge is -2.03. The van der Waals surface area contributed by atoms with E-state index in [1.807, 2.05) is 36.0 Å². The molecular formula is C16H16ClN3O4S2. The van der Waals surface area contributed by atoms with Gasteiger partial charge in [0.05, 0.1) is 4.92 Å². The predicted molar refractivity (Wildman–Crippen MR) is 104 cm³/mol. The lowest BCUT2D eigenvalue weighted by Crippen LogP contribution is -2.04. The highest BCUT2D eigenvalue weighted by Gasteiger charge is 2.23. The number of sulfone groups is 1. The molecule has 0 unspecified atom stereocenters. The van der Waals surface area contributed by atoms with Crippen molar-refractivity contribution < 1.29 is 13.3 Å². The molecule has 0 radical (unpaired) electrons. The van der Waals surface area contributed by atoms with Gasteiger partial charge < -0.3 is 9.88 Å². The van der Waals surface area contributed by atoms with Crippen LogP contribution in [-0.4, -0.2) is 30.7 Å². The summed E-state index contributed by atoms with van der Waals surface area (Å²) in [6.45, 7) is 0.437. The van der Waals surface area contributed by atoms with Crippen LogP contribution in [-0.2, 0) is 23.3 Å². The Kier molecular flexibility index (Phi) is 4.96. The van der Waals surface area contributed by atoms with Crippen molar-refractivity contribution in [2.24, 2.45) is 7.05 Å². The van der Waals surface area contributed by atoms with E-state index >= 15 is 0 Å². The largest absolute Gasteiger partial charge is 0.371 e. The highest BCUT2D eigenvalue weighted by atomic mass is 35.5. The second-order valence-electron chi connectivity index (χ2n) is 5.91. The maximum atomic E-state index is 11.6. The zero-order chi connectivity index (χ0) is 19.1. The molecule has 0 aliphatic carbocycles. The van der Waals surface area contributed by atoms with Crippen LogP contribution in [0.4, 0.5) is 10.7 Å². The maximum Gasteiger partial charge on any atom is 0.304 e. The molecule has 3 aromatic rings. The first-order valence-corrected chi connectivity index (χ1v) is 10.7. The number of thiophene rings is 1. The SMILES string of the molecule is Cn1cc(CCNc2sc(S(C)(=O)=O)cc2[N+](=O)[O-])c2ccc(Cl)cc21. The van der Waals surface area contributed by atoms with Crippen LogP contribution in [0.1, 0.15) is 5.56 Å². The molecule has 0 saturated carbocycles. The minimum atomic E-state index is -3.49. The Morgan fingerprint density at radius 2 is 2.08 bits per heavy atom. The molecule has 0 aliphatic rings. The Balaban J connectivity index is 1.80. The van der Waals surface area contributed by atoms with Crippen LogP contribution in [0, 0.1) is 10.1 Å². The van der Waals surface area contributed by atoms with Gasteiger partial charge in [0, 0.05) is 48.0 Å². The molecular weight excluding hydrogens is 398 g/mol. The molecule has 26 heavy (non-hydrogen) atoms. The summed E-state index contributed by atoms with van der Waals surface area (Å²) in [6.07, 6.45) is 3.66. The molecule has 3 rings (SSSR count). The van der Waals surface area contributed by atoms with Crippen molar-refractivity contribution in [1.29, 1.82) is 0 Å². The Labute approximate surface area is 159 Å². The summed E-state index contributed by atoms with van der Waals surface area (Å²) in [6, 6.07) is 6.75. The topological polar surface area (TPSA) is 94.2 Å². The summed E-state index contributed by atoms with van der Waals surface area (Å²) in [5.74, 6) is 0. The van der Waals surface area contributed by atoms with E-state index in [4.69, 9.17) is 11.6 Å². The van der Waals surface area contributed by atoms with Crippen molar-refractivity contribution >= 4 is 54.4 Å². The maximum absolute atomic E-state index is 11.6. The number of nitrogens with one attached hydrogen (secondary N) is 1. The van der Waals surface area contributed by atoms with Crippen molar-refractivity contribution in [2.45, 2.75) is 10.6 Å². The molecule has 0 spiro atoms. The number of halogens is 1. The summed E-state index contributed by atoms with van der Waals surface area (Å²) in [5.41, 5.74) is 1.86. The smallest absolute Gasteiger partial charge is 0.304 e. The number of nitro groups is 1. The third kappa shape index (κ3) is 3.69. The lowest BCUT2D eigenvalue weighted by molar-refractivity contribution is -0.383. The first-order valence-electron chi connectivity index (χ1n) is 7.62. The number of fused-ring (bicyclic) bond motifs is 1. The van der Waals surface area contributed by atoms with E-state index in [1.54, 1.807) is 0 Å². The fourth-order valence-corrected chi connectivity index (χ4v) is 4.89. The highest BCUT2D eigenvalue weighted by molar-refractivity contribution is 7.92. The van der Waals surface area contributed by atoms with Gasteiger partial charge in [-0.1, -0.05) is 29.0 Å². The van der Waals surface area contributed by atoms with Gasteiger partial charge in [0.1, 0.15) is 4.21 Å². The minimum Gasteiger partial charge on any atom is -0.371 e. The van der Waals surface area contributed by atoms with Gasteiger partial charge in [-0.15, -0.1) is 0 Å². The third-order valence-electron chi connectivity index (χ3n) is 3.97. The van der Waals surface area contributed by atoms with Gasteiger partial charge in [-0.25, -0.2) is 8.42 Å². The Hall–Kier alpha value is -2.10. The molecule has 0 amide bonds. The number of benzene rings is 1. The monoisotopic (exact) mass is 413 g/mol. The van der Waals surface area contributed by atoms with Crippen molar-refractivity contribution in [3.63, 3.8) is 0 Å². The molecule has 2 aromatic heterocycles. The van der Waals surface area contributed by atoms with Crippen molar-refractivity contribution in [1.82, 2.24) is 4.57 Å². The Morgan fingerprint density at radius 1 is 1.35 bits per heavy atom. The van der Waals surface area contributed by atoms with E-state index in [0.29, 0.717) is 18.0 Å². The average molecular weight is 414 g/mol. The van der Waals surface area contributed by atoms with Crippen molar-refractivity contribution in [3.05, 3.63) is 51.2 Å². The van der Waals surface area contributed by atoms with Crippen molar-refractivity contribution in [3.8, 4) is 0 Å². The fraction of sp³-hybridized carbons (Fsp3) is 0.250. The van der Waals surface area contributed by atoms with Crippen LogP contribution >= 0.6 is 22.9 Å². The average Bonchev–Trinajstić information content (AvgIpc) is 3.10. The molecule has 0 bridgehead atoms. The van der Waals surface area contributed by atoms with Crippen LogP contribution in [0.3, 0.4) is 0 Å². The first kappa shape index (κ1) is 18.7. The zero-order valence-corrected chi connectivity index (χ0v) is 16.4. The summed E-state index contributed by atoms with van der Waals surface area (Å²) < 4.78 is 25.2. The van der Waals surface area contributed by atoms with E-state index in [2.05, 4.69) is 5.32 Å². The molecule has 2 heterocycles. The van der Waals surface area contributed by atoms with E-state index in [-0.39, 0.29) is 14.9 Å². The molecule has 7 nitrogen and oxygen atoms in total. The molecule has 1 N–H and O–H groups in total. The Morgan fingerprint density at radius 3 is 2.73 bits per heavy atom. The van der Waals surface area contributed by atoms with Crippen LogP contribution in [0.2, 0.25) is 5.02 Å². The molecule has 1 aromatic carbocycles. The molecule has 0 fully saturated rings. The number of nitrogens with zero attached hydrogens (tertiary/aromatic N) is 2. The van der Waals surface area contributed by atoms with E-state index < -0.39 is 14.8 Å². The fourth-order valence-electron chi connectivity index (χ4n) is 2.76. The summed E-state index contributed by atoms with van der Waals surface area (Å²) in [7, 11) is -1.56.